The number of hydrogen-bond donors (Lipinski definition) is 0. The standard InChI is InChI=1S/C7H14N2/c1-5-9-7(3)6(2)8-4/h5-7H,4H2,1-3H3. The van der Waals surface area contributed by atoms with Crippen LogP contribution in [0.5, 0.6) is 0 Å². The van der Waals surface area contributed by atoms with E-state index in [9.17, 15) is 0 Å². The maximum absolute atomic E-state index is 4.14. The highest BCUT2D eigenvalue weighted by Gasteiger charge is 2.04. The number of hydrogen-bond acceptors (Lipinski definition) is 2. The SMILES string of the molecule is C=NC(C)C(C)N=CC. The lowest BCUT2D eigenvalue weighted by Gasteiger charge is -2.08. The third-order valence-corrected chi connectivity index (χ3v) is 1.37. The zero-order valence-corrected chi connectivity index (χ0v) is 6.33. The van der Waals surface area contributed by atoms with Gasteiger partial charge in [-0.2, -0.15) is 0 Å². The molecule has 2 nitrogen and oxygen atoms in total. The van der Waals surface area contributed by atoms with Crippen LogP contribution < -0.4 is 0 Å². The van der Waals surface area contributed by atoms with Crippen LogP contribution in [0.2, 0.25) is 0 Å². The summed E-state index contributed by atoms with van der Waals surface area (Å²) in [6, 6.07) is 0.508. The fourth-order valence-corrected chi connectivity index (χ4v) is 0.512. The van der Waals surface area contributed by atoms with E-state index < -0.39 is 0 Å². The van der Waals surface area contributed by atoms with Crippen molar-refractivity contribution in [1.82, 2.24) is 0 Å². The Balaban J connectivity index is 3.71. The maximum Gasteiger partial charge on any atom is 0.0687 e. The molecule has 0 bridgehead atoms. The van der Waals surface area contributed by atoms with Gasteiger partial charge in [0, 0.05) is 0 Å². The van der Waals surface area contributed by atoms with Crippen molar-refractivity contribution in [2.24, 2.45) is 9.98 Å². The van der Waals surface area contributed by atoms with Gasteiger partial charge in [-0.05, 0) is 33.7 Å². The van der Waals surface area contributed by atoms with Gasteiger partial charge in [0.15, 0.2) is 0 Å². The van der Waals surface area contributed by atoms with Crippen LogP contribution in [0.4, 0.5) is 0 Å². The van der Waals surface area contributed by atoms with Crippen molar-refractivity contribution in [3.05, 3.63) is 0 Å². The van der Waals surface area contributed by atoms with Gasteiger partial charge in [0.1, 0.15) is 0 Å². The second kappa shape index (κ2) is 4.24. The first-order valence-electron chi connectivity index (χ1n) is 3.16. The first-order valence-corrected chi connectivity index (χ1v) is 3.16. The summed E-state index contributed by atoms with van der Waals surface area (Å²) < 4.78 is 0. The topological polar surface area (TPSA) is 24.7 Å². The van der Waals surface area contributed by atoms with E-state index in [0.717, 1.165) is 0 Å². The van der Waals surface area contributed by atoms with Gasteiger partial charge in [-0.15, -0.1) is 0 Å². The lowest BCUT2D eigenvalue weighted by molar-refractivity contribution is 0.613. The van der Waals surface area contributed by atoms with Gasteiger partial charge in [0.05, 0.1) is 12.1 Å². The Morgan fingerprint density at radius 3 is 2.22 bits per heavy atom. The molecule has 0 aliphatic carbocycles. The molecule has 0 rings (SSSR count). The Labute approximate surface area is 56.7 Å². The summed E-state index contributed by atoms with van der Waals surface area (Å²) in [4.78, 5) is 7.98. The van der Waals surface area contributed by atoms with Crippen LogP contribution in [-0.4, -0.2) is 25.0 Å². The summed E-state index contributed by atoms with van der Waals surface area (Å²) in [6.45, 7) is 9.38. The predicted octanol–water partition coefficient (Wildman–Crippen LogP) is 1.55. The average molecular weight is 126 g/mol. The monoisotopic (exact) mass is 126 g/mol. The summed E-state index contributed by atoms with van der Waals surface area (Å²) in [5, 5.41) is 0. The van der Waals surface area contributed by atoms with Crippen LogP contribution in [0.3, 0.4) is 0 Å². The van der Waals surface area contributed by atoms with Crippen LogP contribution in [-0.2, 0) is 0 Å². The first-order chi connectivity index (χ1) is 4.22. The largest absolute Gasteiger partial charge is 0.296 e. The molecule has 2 unspecified atom stereocenters. The molecule has 0 heterocycles. The molecule has 0 aromatic rings. The average Bonchev–Trinajstić information content (AvgIpc) is 1.87. The summed E-state index contributed by atoms with van der Waals surface area (Å²) in [5.74, 6) is 0. The van der Waals surface area contributed by atoms with Gasteiger partial charge in [0.2, 0.25) is 0 Å². The third-order valence-electron chi connectivity index (χ3n) is 1.37. The van der Waals surface area contributed by atoms with E-state index >= 15 is 0 Å². The van der Waals surface area contributed by atoms with Crippen molar-refractivity contribution in [2.75, 3.05) is 0 Å². The van der Waals surface area contributed by atoms with E-state index in [-0.39, 0.29) is 12.1 Å². The highest BCUT2D eigenvalue weighted by Crippen LogP contribution is 1.99. The maximum atomic E-state index is 4.14. The molecular formula is C7H14N2. The summed E-state index contributed by atoms with van der Waals surface area (Å²) in [5.41, 5.74) is 0. The molecule has 0 fully saturated rings. The lowest BCUT2D eigenvalue weighted by atomic mass is 10.2. The van der Waals surface area contributed by atoms with Crippen molar-refractivity contribution < 1.29 is 0 Å². The van der Waals surface area contributed by atoms with Gasteiger partial charge in [0.25, 0.3) is 0 Å². The van der Waals surface area contributed by atoms with Crippen LogP contribution in [0.1, 0.15) is 20.8 Å². The molecule has 0 aromatic heterocycles. The van der Waals surface area contributed by atoms with Crippen molar-refractivity contribution in [3.8, 4) is 0 Å². The smallest absolute Gasteiger partial charge is 0.0687 e. The highest BCUT2D eigenvalue weighted by molar-refractivity contribution is 5.53. The molecule has 0 aromatic carbocycles. The van der Waals surface area contributed by atoms with E-state index in [2.05, 4.69) is 16.7 Å². The highest BCUT2D eigenvalue weighted by atomic mass is 14.9. The van der Waals surface area contributed by atoms with E-state index in [4.69, 9.17) is 0 Å². The van der Waals surface area contributed by atoms with Gasteiger partial charge in [-0.3, -0.25) is 9.98 Å². The van der Waals surface area contributed by atoms with E-state index in [1.165, 1.54) is 0 Å². The molecule has 2 heteroatoms. The molecule has 0 saturated carbocycles. The second-order valence-electron chi connectivity index (χ2n) is 2.07. The Bertz CT molecular complexity index is 107. The zero-order chi connectivity index (χ0) is 7.28. The molecule has 0 saturated heterocycles. The van der Waals surface area contributed by atoms with Gasteiger partial charge in [-0.25, -0.2) is 0 Å². The minimum atomic E-state index is 0.237. The quantitative estimate of drug-likeness (QED) is 0.513. The van der Waals surface area contributed by atoms with Crippen molar-refractivity contribution >= 4 is 12.9 Å². The van der Waals surface area contributed by atoms with Crippen molar-refractivity contribution in [1.29, 1.82) is 0 Å². The lowest BCUT2D eigenvalue weighted by Crippen LogP contribution is -2.14. The Kier molecular flexibility index (Phi) is 3.93. The molecule has 9 heavy (non-hydrogen) atoms. The van der Waals surface area contributed by atoms with Crippen LogP contribution in [0.15, 0.2) is 9.98 Å². The predicted molar refractivity (Wildman–Crippen MR) is 42.6 cm³/mol. The van der Waals surface area contributed by atoms with E-state index in [0.29, 0.717) is 0 Å². The fourth-order valence-electron chi connectivity index (χ4n) is 0.512. The fraction of sp³-hybridized carbons (Fsp3) is 0.714. The van der Waals surface area contributed by atoms with Crippen LogP contribution in [0, 0.1) is 0 Å². The van der Waals surface area contributed by atoms with Crippen molar-refractivity contribution in [2.45, 2.75) is 32.9 Å². The molecule has 0 aliphatic rings. The van der Waals surface area contributed by atoms with Gasteiger partial charge >= 0.3 is 0 Å². The van der Waals surface area contributed by atoms with E-state index in [1.807, 2.05) is 20.8 Å². The molecule has 0 N–H and O–H groups in total. The van der Waals surface area contributed by atoms with Crippen LogP contribution in [0.25, 0.3) is 0 Å². The summed E-state index contributed by atoms with van der Waals surface area (Å²) >= 11 is 0. The molecule has 0 radical (unpaired) electrons. The first kappa shape index (κ1) is 8.34. The molecule has 0 amide bonds. The van der Waals surface area contributed by atoms with E-state index in [1.54, 1.807) is 6.21 Å². The molecule has 2 atom stereocenters. The molecular weight excluding hydrogens is 112 g/mol. The minimum absolute atomic E-state index is 0.237. The Morgan fingerprint density at radius 2 is 1.89 bits per heavy atom. The zero-order valence-electron chi connectivity index (χ0n) is 6.33. The molecule has 52 valence electrons. The van der Waals surface area contributed by atoms with Crippen molar-refractivity contribution in [3.63, 3.8) is 0 Å². The number of nitrogens with zero attached hydrogens (tertiary/aromatic N) is 2. The number of aliphatic imine (C=N–C) groups is 2. The minimum Gasteiger partial charge on any atom is -0.296 e. The normalized spacial score (nSPS) is 17.7. The summed E-state index contributed by atoms with van der Waals surface area (Å²) in [7, 11) is 0. The third kappa shape index (κ3) is 3.01. The van der Waals surface area contributed by atoms with Crippen LogP contribution >= 0.6 is 0 Å². The molecule has 0 spiro atoms. The second-order valence-corrected chi connectivity index (χ2v) is 2.07. The summed E-state index contributed by atoms with van der Waals surface area (Å²) in [6.07, 6.45) is 1.80. The molecule has 0 aliphatic heterocycles. The Hall–Kier alpha value is -0.660. The van der Waals surface area contributed by atoms with Gasteiger partial charge in [-0.1, -0.05) is 0 Å². The number of rotatable bonds is 3. The van der Waals surface area contributed by atoms with Gasteiger partial charge < -0.3 is 0 Å². The Morgan fingerprint density at radius 1 is 1.33 bits per heavy atom.